The van der Waals surface area contributed by atoms with Gasteiger partial charge in [0.15, 0.2) is 0 Å². The summed E-state index contributed by atoms with van der Waals surface area (Å²) in [5.41, 5.74) is 0.699. The third-order valence-corrected chi connectivity index (χ3v) is 1.86. The minimum absolute atomic E-state index is 0.0416. The fourth-order valence-corrected chi connectivity index (χ4v) is 0.949. The molecule has 0 unspecified atom stereocenters. The third-order valence-electron chi connectivity index (χ3n) is 1.86. The summed E-state index contributed by atoms with van der Waals surface area (Å²) in [5.74, 6) is 0.0416. The van der Waals surface area contributed by atoms with E-state index >= 15 is 0 Å². The second-order valence-corrected chi connectivity index (χ2v) is 2.79. The summed E-state index contributed by atoms with van der Waals surface area (Å²) in [6, 6.07) is 5.50. The van der Waals surface area contributed by atoms with Crippen LogP contribution in [0.2, 0.25) is 0 Å². The molecule has 0 aromatic carbocycles. The highest BCUT2D eigenvalue weighted by Gasteiger charge is 2.13. The van der Waals surface area contributed by atoms with Crippen molar-refractivity contribution in [3.63, 3.8) is 0 Å². The lowest BCUT2D eigenvalue weighted by molar-refractivity contribution is 0.135. The van der Waals surface area contributed by atoms with E-state index in [-0.39, 0.29) is 5.92 Å². The van der Waals surface area contributed by atoms with Gasteiger partial charge in [-0.2, -0.15) is 0 Å². The minimum Gasteiger partial charge on any atom is -0.386 e. The first-order valence-electron chi connectivity index (χ1n) is 3.97. The van der Waals surface area contributed by atoms with E-state index in [2.05, 4.69) is 11.6 Å². The van der Waals surface area contributed by atoms with Crippen LogP contribution >= 0.6 is 0 Å². The van der Waals surface area contributed by atoms with E-state index in [1.807, 2.05) is 25.1 Å². The van der Waals surface area contributed by atoms with Crippen LogP contribution in [0, 0.1) is 5.92 Å². The predicted molar refractivity (Wildman–Crippen MR) is 48.6 cm³/mol. The molecule has 0 bridgehead atoms. The Bertz CT molecular complexity index is 245. The summed E-state index contributed by atoms with van der Waals surface area (Å²) in [7, 11) is 0. The van der Waals surface area contributed by atoms with Crippen LogP contribution in [0.5, 0.6) is 0 Å². The zero-order valence-corrected chi connectivity index (χ0v) is 7.14. The lowest BCUT2D eigenvalue weighted by atomic mass is 10.0. The van der Waals surface area contributed by atoms with E-state index in [0.717, 1.165) is 0 Å². The van der Waals surface area contributed by atoms with Crippen molar-refractivity contribution in [1.82, 2.24) is 4.98 Å². The molecule has 0 saturated heterocycles. The zero-order chi connectivity index (χ0) is 8.97. The number of pyridine rings is 1. The van der Waals surface area contributed by atoms with Crippen molar-refractivity contribution in [2.24, 2.45) is 5.92 Å². The van der Waals surface area contributed by atoms with E-state index in [1.54, 1.807) is 12.3 Å². The molecule has 0 aliphatic heterocycles. The quantitative estimate of drug-likeness (QED) is 0.691. The first-order chi connectivity index (χ1) is 5.75. The second-order valence-electron chi connectivity index (χ2n) is 2.79. The van der Waals surface area contributed by atoms with Crippen LogP contribution in [0.25, 0.3) is 0 Å². The summed E-state index contributed by atoms with van der Waals surface area (Å²) in [4.78, 5) is 4.05. The average Bonchev–Trinajstić information content (AvgIpc) is 2.17. The number of aliphatic hydroxyl groups is 1. The van der Waals surface area contributed by atoms with Gasteiger partial charge in [0.25, 0.3) is 0 Å². The highest BCUT2D eigenvalue weighted by Crippen LogP contribution is 2.19. The first-order valence-corrected chi connectivity index (χ1v) is 3.97. The van der Waals surface area contributed by atoms with E-state index in [4.69, 9.17) is 0 Å². The molecule has 1 aromatic heterocycles. The molecular formula is C10H13NO. The highest BCUT2D eigenvalue weighted by molar-refractivity contribution is 5.08. The second kappa shape index (κ2) is 4.02. The highest BCUT2D eigenvalue weighted by atomic mass is 16.3. The third kappa shape index (κ3) is 1.92. The molecule has 2 nitrogen and oxygen atoms in total. The fraction of sp³-hybridized carbons (Fsp3) is 0.300. The summed E-state index contributed by atoms with van der Waals surface area (Å²) < 4.78 is 0. The molecule has 2 heteroatoms. The van der Waals surface area contributed by atoms with Gasteiger partial charge in [-0.3, -0.25) is 4.98 Å². The van der Waals surface area contributed by atoms with E-state index in [1.165, 1.54) is 0 Å². The first kappa shape index (κ1) is 8.94. The van der Waals surface area contributed by atoms with Gasteiger partial charge in [0.2, 0.25) is 0 Å². The molecule has 0 aliphatic rings. The molecule has 0 aliphatic carbocycles. The Morgan fingerprint density at radius 3 is 2.83 bits per heavy atom. The normalized spacial score (nSPS) is 15.2. The van der Waals surface area contributed by atoms with Crippen molar-refractivity contribution < 1.29 is 5.11 Å². The SMILES string of the molecule is C=C[C@H](C)[C@@H](O)c1ccccn1. The maximum atomic E-state index is 9.66. The monoisotopic (exact) mass is 163 g/mol. The Kier molecular flexibility index (Phi) is 3.00. The molecule has 1 rings (SSSR count). The van der Waals surface area contributed by atoms with Crippen molar-refractivity contribution >= 4 is 0 Å². The number of nitrogens with zero attached hydrogens (tertiary/aromatic N) is 1. The van der Waals surface area contributed by atoms with Crippen molar-refractivity contribution in [2.75, 3.05) is 0 Å². The van der Waals surface area contributed by atoms with Gasteiger partial charge in [0.1, 0.15) is 6.10 Å². The van der Waals surface area contributed by atoms with E-state index < -0.39 is 6.10 Å². The molecule has 0 fully saturated rings. The lowest BCUT2D eigenvalue weighted by Crippen LogP contribution is -2.07. The molecule has 0 radical (unpaired) electrons. The van der Waals surface area contributed by atoms with Gasteiger partial charge in [-0.1, -0.05) is 19.1 Å². The standard InChI is InChI=1S/C10H13NO/c1-3-8(2)10(12)9-6-4-5-7-11-9/h3-8,10,12H,1H2,2H3/t8-,10+/m0/s1. The Hall–Kier alpha value is -1.15. The molecule has 0 saturated carbocycles. The summed E-state index contributed by atoms with van der Waals surface area (Å²) in [6.07, 6.45) is 2.86. The van der Waals surface area contributed by atoms with Crippen LogP contribution in [-0.4, -0.2) is 10.1 Å². The molecule has 12 heavy (non-hydrogen) atoms. The van der Waals surface area contributed by atoms with Gasteiger partial charge in [0, 0.05) is 12.1 Å². The van der Waals surface area contributed by atoms with Gasteiger partial charge in [-0.15, -0.1) is 6.58 Å². The van der Waals surface area contributed by atoms with Crippen LogP contribution in [0.1, 0.15) is 18.7 Å². The average molecular weight is 163 g/mol. The smallest absolute Gasteiger partial charge is 0.102 e. The van der Waals surface area contributed by atoms with Gasteiger partial charge in [-0.25, -0.2) is 0 Å². The zero-order valence-electron chi connectivity index (χ0n) is 7.14. The maximum absolute atomic E-state index is 9.66. The Morgan fingerprint density at radius 2 is 2.33 bits per heavy atom. The topological polar surface area (TPSA) is 33.1 Å². The van der Waals surface area contributed by atoms with Crippen molar-refractivity contribution in [1.29, 1.82) is 0 Å². The summed E-state index contributed by atoms with van der Waals surface area (Å²) in [5, 5.41) is 9.66. The van der Waals surface area contributed by atoms with Crippen LogP contribution in [-0.2, 0) is 0 Å². The molecule has 1 N–H and O–H groups in total. The molecule has 2 atom stereocenters. The Labute approximate surface area is 72.6 Å². The molecule has 0 amide bonds. The lowest BCUT2D eigenvalue weighted by Gasteiger charge is -2.13. The fourth-order valence-electron chi connectivity index (χ4n) is 0.949. The van der Waals surface area contributed by atoms with Gasteiger partial charge in [-0.05, 0) is 12.1 Å². The molecule has 1 heterocycles. The Morgan fingerprint density at radius 1 is 1.58 bits per heavy atom. The summed E-state index contributed by atoms with van der Waals surface area (Å²) in [6.45, 7) is 5.53. The van der Waals surface area contributed by atoms with Crippen molar-refractivity contribution in [3.8, 4) is 0 Å². The van der Waals surface area contributed by atoms with E-state index in [0.29, 0.717) is 5.69 Å². The Balaban J connectivity index is 2.78. The van der Waals surface area contributed by atoms with Crippen LogP contribution < -0.4 is 0 Å². The molecular weight excluding hydrogens is 150 g/mol. The van der Waals surface area contributed by atoms with Crippen molar-refractivity contribution in [2.45, 2.75) is 13.0 Å². The predicted octanol–water partition coefficient (Wildman–Crippen LogP) is 1.94. The summed E-state index contributed by atoms with van der Waals surface area (Å²) >= 11 is 0. The number of rotatable bonds is 3. The number of hydrogen-bond acceptors (Lipinski definition) is 2. The number of hydrogen-bond donors (Lipinski definition) is 1. The van der Waals surface area contributed by atoms with Gasteiger partial charge in [0.05, 0.1) is 5.69 Å². The van der Waals surface area contributed by atoms with Crippen LogP contribution in [0.3, 0.4) is 0 Å². The maximum Gasteiger partial charge on any atom is 0.102 e. The number of aromatic nitrogens is 1. The van der Waals surface area contributed by atoms with Gasteiger partial charge < -0.3 is 5.11 Å². The van der Waals surface area contributed by atoms with Crippen LogP contribution in [0.15, 0.2) is 37.1 Å². The van der Waals surface area contributed by atoms with Crippen LogP contribution in [0.4, 0.5) is 0 Å². The van der Waals surface area contributed by atoms with Crippen molar-refractivity contribution in [3.05, 3.63) is 42.7 Å². The van der Waals surface area contributed by atoms with E-state index in [9.17, 15) is 5.11 Å². The largest absolute Gasteiger partial charge is 0.386 e. The molecule has 1 aromatic rings. The molecule has 0 spiro atoms. The van der Waals surface area contributed by atoms with Gasteiger partial charge >= 0.3 is 0 Å². The number of aliphatic hydroxyl groups excluding tert-OH is 1. The molecule has 64 valence electrons. The minimum atomic E-state index is -0.538.